The van der Waals surface area contributed by atoms with Crippen molar-refractivity contribution in [2.45, 2.75) is 50.7 Å². The summed E-state index contributed by atoms with van der Waals surface area (Å²) >= 11 is 2.10. The highest BCUT2D eigenvalue weighted by Gasteiger charge is 2.32. The molecule has 1 heterocycles. The van der Waals surface area contributed by atoms with Crippen molar-refractivity contribution in [1.29, 1.82) is 0 Å². The van der Waals surface area contributed by atoms with E-state index in [1.807, 2.05) is 0 Å². The lowest BCUT2D eigenvalue weighted by molar-refractivity contribution is 0.438. The second-order valence-electron chi connectivity index (χ2n) is 4.47. The van der Waals surface area contributed by atoms with E-state index in [0.717, 1.165) is 11.2 Å². The van der Waals surface area contributed by atoms with Gasteiger partial charge in [0.1, 0.15) is 0 Å². The molecule has 0 saturated carbocycles. The highest BCUT2D eigenvalue weighted by Crippen LogP contribution is 2.36. The van der Waals surface area contributed by atoms with Crippen LogP contribution in [-0.4, -0.2) is 16.7 Å². The molecule has 0 radical (unpaired) electrons. The summed E-state index contributed by atoms with van der Waals surface area (Å²) < 4.78 is 0. The Morgan fingerprint density at radius 1 is 1.58 bits per heavy atom. The molecule has 0 aromatic heterocycles. The molecular weight excluding hydrogens is 166 g/mol. The van der Waals surface area contributed by atoms with Gasteiger partial charge < -0.3 is 5.32 Å². The smallest absolute Gasteiger partial charge is 0.0620 e. The van der Waals surface area contributed by atoms with Crippen LogP contribution < -0.4 is 5.32 Å². The summed E-state index contributed by atoms with van der Waals surface area (Å²) in [4.78, 5) is 0.365. The van der Waals surface area contributed by atoms with Crippen LogP contribution in [0, 0.1) is 5.92 Å². The molecule has 1 rings (SSSR count). The summed E-state index contributed by atoms with van der Waals surface area (Å²) in [6, 6.07) is 0. The number of nitrogens with one attached hydrogen (secondary N) is 1. The predicted octanol–water partition coefficient (Wildman–Crippen LogP) is 2.86. The van der Waals surface area contributed by atoms with Crippen LogP contribution in [0.25, 0.3) is 0 Å². The van der Waals surface area contributed by atoms with Gasteiger partial charge in [-0.05, 0) is 25.7 Å². The van der Waals surface area contributed by atoms with Gasteiger partial charge in [-0.2, -0.15) is 0 Å². The van der Waals surface area contributed by atoms with E-state index in [1.165, 1.54) is 19.4 Å². The van der Waals surface area contributed by atoms with Crippen molar-refractivity contribution in [3.05, 3.63) is 0 Å². The van der Waals surface area contributed by atoms with E-state index in [2.05, 4.69) is 44.8 Å². The fourth-order valence-corrected chi connectivity index (χ4v) is 3.06. The molecule has 0 aliphatic carbocycles. The molecule has 0 aromatic carbocycles. The van der Waals surface area contributed by atoms with Crippen molar-refractivity contribution in [2.75, 3.05) is 6.54 Å². The molecule has 0 amide bonds. The van der Waals surface area contributed by atoms with Gasteiger partial charge in [-0.15, -0.1) is 11.8 Å². The summed E-state index contributed by atoms with van der Waals surface area (Å²) in [5.41, 5.74) is 0. The van der Waals surface area contributed by atoms with Crippen LogP contribution in [0.3, 0.4) is 0 Å². The predicted molar refractivity (Wildman–Crippen MR) is 57.5 cm³/mol. The Morgan fingerprint density at radius 3 is 2.67 bits per heavy atom. The molecule has 2 heteroatoms. The molecule has 1 aliphatic heterocycles. The SMILES string of the molecule is CC(C)CCC1(C)NCC(C)S1. The largest absolute Gasteiger partial charge is 0.302 e. The first-order valence-electron chi connectivity index (χ1n) is 4.95. The molecule has 1 nitrogen and oxygen atoms in total. The Morgan fingerprint density at radius 2 is 2.25 bits per heavy atom. The minimum absolute atomic E-state index is 0.365. The van der Waals surface area contributed by atoms with E-state index in [4.69, 9.17) is 0 Å². The molecule has 1 fully saturated rings. The first-order chi connectivity index (χ1) is 5.52. The van der Waals surface area contributed by atoms with E-state index in [1.54, 1.807) is 0 Å². The average Bonchev–Trinajstić information content (AvgIpc) is 2.29. The zero-order chi connectivity index (χ0) is 9.19. The Bertz CT molecular complexity index is 147. The molecule has 1 aliphatic rings. The van der Waals surface area contributed by atoms with E-state index >= 15 is 0 Å². The Balaban J connectivity index is 2.30. The Labute approximate surface area is 80.7 Å². The lowest BCUT2D eigenvalue weighted by atomic mass is 10.0. The van der Waals surface area contributed by atoms with E-state index in [9.17, 15) is 0 Å². The van der Waals surface area contributed by atoms with Gasteiger partial charge in [0.05, 0.1) is 4.87 Å². The Hall–Kier alpha value is 0.310. The molecular formula is C10H21NS. The maximum absolute atomic E-state index is 3.60. The van der Waals surface area contributed by atoms with Crippen molar-refractivity contribution in [3.8, 4) is 0 Å². The molecule has 2 atom stereocenters. The molecule has 0 spiro atoms. The van der Waals surface area contributed by atoms with Crippen LogP contribution in [-0.2, 0) is 0 Å². The maximum Gasteiger partial charge on any atom is 0.0620 e. The first-order valence-corrected chi connectivity index (χ1v) is 5.83. The zero-order valence-electron chi connectivity index (χ0n) is 8.68. The minimum Gasteiger partial charge on any atom is -0.302 e. The molecule has 1 saturated heterocycles. The molecule has 12 heavy (non-hydrogen) atoms. The maximum atomic E-state index is 3.60. The van der Waals surface area contributed by atoms with Gasteiger partial charge in [-0.1, -0.05) is 20.8 Å². The van der Waals surface area contributed by atoms with Gasteiger partial charge in [0.25, 0.3) is 0 Å². The fourth-order valence-electron chi connectivity index (χ4n) is 1.60. The van der Waals surface area contributed by atoms with Crippen molar-refractivity contribution in [1.82, 2.24) is 5.32 Å². The van der Waals surface area contributed by atoms with Crippen LogP contribution in [0.4, 0.5) is 0 Å². The van der Waals surface area contributed by atoms with Gasteiger partial charge in [0.15, 0.2) is 0 Å². The Kier molecular flexibility index (Phi) is 3.47. The number of rotatable bonds is 3. The van der Waals surface area contributed by atoms with E-state index in [0.29, 0.717) is 4.87 Å². The van der Waals surface area contributed by atoms with Crippen LogP contribution in [0.2, 0.25) is 0 Å². The lowest BCUT2D eigenvalue weighted by Gasteiger charge is -2.24. The number of thioether (sulfide) groups is 1. The zero-order valence-corrected chi connectivity index (χ0v) is 9.50. The molecule has 72 valence electrons. The average molecular weight is 187 g/mol. The molecule has 2 unspecified atom stereocenters. The summed E-state index contributed by atoms with van der Waals surface area (Å²) in [6.07, 6.45) is 2.64. The van der Waals surface area contributed by atoms with Crippen molar-refractivity contribution in [2.24, 2.45) is 5.92 Å². The van der Waals surface area contributed by atoms with Crippen molar-refractivity contribution in [3.63, 3.8) is 0 Å². The van der Waals surface area contributed by atoms with Crippen LogP contribution in [0.15, 0.2) is 0 Å². The van der Waals surface area contributed by atoms with E-state index < -0.39 is 0 Å². The minimum atomic E-state index is 0.365. The standard InChI is InChI=1S/C10H21NS/c1-8(2)5-6-10(4)11-7-9(3)12-10/h8-9,11H,5-7H2,1-4H3. The summed E-state index contributed by atoms with van der Waals surface area (Å²) in [5.74, 6) is 0.833. The van der Waals surface area contributed by atoms with Gasteiger partial charge in [0.2, 0.25) is 0 Å². The normalized spacial score (nSPS) is 36.2. The van der Waals surface area contributed by atoms with Crippen LogP contribution >= 0.6 is 11.8 Å². The molecule has 1 N–H and O–H groups in total. The topological polar surface area (TPSA) is 12.0 Å². The third-order valence-corrected chi connectivity index (χ3v) is 3.86. The van der Waals surface area contributed by atoms with Crippen LogP contribution in [0.5, 0.6) is 0 Å². The summed E-state index contributed by atoms with van der Waals surface area (Å²) in [7, 11) is 0. The second kappa shape index (κ2) is 4.01. The second-order valence-corrected chi connectivity index (χ2v) is 6.41. The van der Waals surface area contributed by atoms with Crippen molar-refractivity contribution < 1.29 is 0 Å². The first kappa shape index (κ1) is 10.4. The molecule has 0 aromatic rings. The number of hydrogen-bond donors (Lipinski definition) is 1. The van der Waals surface area contributed by atoms with E-state index in [-0.39, 0.29) is 0 Å². The van der Waals surface area contributed by atoms with Gasteiger partial charge in [0, 0.05) is 11.8 Å². The van der Waals surface area contributed by atoms with Gasteiger partial charge >= 0.3 is 0 Å². The monoisotopic (exact) mass is 187 g/mol. The van der Waals surface area contributed by atoms with Crippen LogP contribution in [0.1, 0.15) is 40.5 Å². The van der Waals surface area contributed by atoms with Gasteiger partial charge in [-0.3, -0.25) is 0 Å². The quantitative estimate of drug-likeness (QED) is 0.729. The summed E-state index contributed by atoms with van der Waals surface area (Å²) in [6.45, 7) is 10.4. The van der Waals surface area contributed by atoms with Gasteiger partial charge in [-0.25, -0.2) is 0 Å². The number of hydrogen-bond acceptors (Lipinski definition) is 2. The summed E-state index contributed by atoms with van der Waals surface area (Å²) in [5, 5.41) is 4.39. The lowest BCUT2D eigenvalue weighted by Crippen LogP contribution is -2.33. The molecule has 0 bridgehead atoms. The highest BCUT2D eigenvalue weighted by molar-refractivity contribution is 8.01. The third-order valence-electron chi connectivity index (χ3n) is 2.42. The van der Waals surface area contributed by atoms with Crippen molar-refractivity contribution >= 4 is 11.8 Å². The third kappa shape index (κ3) is 2.98. The highest BCUT2D eigenvalue weighted by atomic mass is 32.2. The fraction of sp³-hybridized carbons (Fsp3) is 1.00.